The second-order valence-corrected chi connectivity index (χ2v) is 7.92. The second kappa shape index (κ2) is 9.31. The molecule has 0 unspecified atom stereocenters. The highest BCUT2D eigenvalue weighted by molar-refractivity contribution is 6.03. The molecule has 0 spiro atoms. The van der Waals surface area contributed by atoms with E-state index < -0.39 is 0 Å². The van der Waals surface area contributed by atoms with E-state index in [0.29, 0.717) is 22.8 Å². The molecule has 0 aliphatic carbocycles. The number of hydrogen-bond acceptors (Lipinski definition) is 4. The highest BCUT2D eigenvalue weighted by atomic mass is 16.5. The first-order valence-corrected chi connectivity index (χ1v) is 9.76. The van der Waals surface area contributed by atoms with Gasteiger partial charge < -0.3 is 19.8 Å². The van der Waals surface area contributed by atoms with Gasteiger partial charge in [0.1, 0.15) is 11.5 Å². The molecule has 1 aromatic heterocycles. The topological polar surface area (TPSA) is 80.6 Å². The molecule has 0 radical (unpaired) electrons. The third-order valence-corrected chi connectivity index (χ3v) is 4.54. The van der Waals surface area contributed by atoms with E-state index >= 15 is 0 Å². The lowest BCUT2D eigenvalue weighted by molar-refractivity contribution is -0.118. The van der Waals surface area contributed by atoms with Gasteiger partial charge in [-0.1, -0.05) is 45.0 Å². The summed E-state index contributed by atoms with van der Waals surface area (Å²) < 4.78 is 10.8. The number of rotatable bonds is 7. The van der Waals surface area contributed by atoms with Crippen LogP contribution in [0.1, 0.15) is 42.5 Å². The molecular formula is C24H26N2O4. The zero-order valence-electron chi connectivity index (χ0n) is 17.4. The Bertz CT molecular complexity index is 987. The van der Waals surface area contributed by atoms with E-state index in [-0.39, 0.29) is 30.4 Å². The highest BCUT2D eigenvalue weighted by Crippen LogP contribution is 2.24. The molecule has 0 saturated carbocycles. The number of hydrogen-bond donors (Lipinski definition) is 2. The highest BCUT2D eigenvalue weighted by Gasteiger charge is 2.15. The summed E-state index contributed by atoms with van der Waals surface area (Å²) in [5.74, 6) is 0.612. The van der Waals surface area contributed by atoms with Gasteiger partial charge in [0.2, 0.25) is 0 Å². The molecule has 156 valence electrons. The van der Waals surface area contributed by atoms with Crippen molar-refractivity contribution in [2.24, 2.45) is 0 Å². The van der Waals surface area contributed by atoms with E-state index in [9.17, 15) is 9.59 Å². The van der Waals surface area contributed by atoms with Crippen LogP contribution in [0.3, 0.4) is 0 Å². The maximum absolute atomic E-state index is 12.5. The van der Waals surface area contributed by atoms with E-state index in [1.807, 2.05) is 24.3 Å². The van der Waals surface area contributed by atoms with E-state index in [0.717, 1.165) is 0 Å². The Kier molecular flexibility index (Phi) is 6.57. The van der Waals surface area contributed by atoms with Crippen molar-refractivity contribution in [1.82, 2.24) is 5.32 Å². The lowest BCUT2D eigenvalue weighted by Gasteiger charge is -2.19. The molecule has 3 aromatic rings. The van der Waals surface area contributed by atoms with Crippen molar-refractivity contribution in [2.75, 3.05) is 11.9 Å². The summed E-state index contributed by atoms with van der Waals surface area (Å²) in [6.45, 7) is 6.52. The standard InChI is InChI=1S/C24H26N2O4/c1-24(2,3)17-10-12-18(13-11-17)30-16-22(27)26-21-9-5-4-8-20(21)23(28)25-15-19-7-6-14-29-19/h4-14H,15-16H2,1-3H3,(H,25,28)(H,26,27). The van der Waals surface area contributed by atoms with Crippen molar-refractivity contribution in [1.29, 1.82) is 0 Å². The summed E-state index contributed by atoms with van der Waals surface area (Å²) in [4.78, 5) is 24.8. The van der Waals surface area contributed by atoms with Gasteiger partial charge >= 0.3 is 0 Å². The van der Waals surface area contributed by atoms with E-state index in [4.69, 9.17) is 9.15 Å². The minimum atomic E-state index is -0.346. The summed E-state index contributed by atoms with van der Waals surface area (Å²) >= 11 is 0. The van der Waals surface area contributed by atoms with Gasteiger partial charge in [0.05, 0.1) is 24.1 Å². The second-order valence-electron chi connectivity index (χ2n) is 7.92. The smallest absolute Gasteiger partial charge is 0.262 e. The van der Waals surface area contributed by atoms with Crippen LogP contribution in [0, 0.1) is 0 Å². The summed E-state index contributed by atoms with van der Waals surface area (Å²) in [6.07, 6.45) is 1.55. The summed E-state index contributed by atoms with van der Waals surface area (Å²) in [5.41, 5.74) is 2.03. The zero-order chi connectivity index (χ0) is 21.6. The molecular weight excluding hydrogens is 380 g/mol. The molecule has 6 nitrogen and oxygen atoms in total. The molecule has 0 aliphatic rings. The molecule has 0 fully saturated rings. The first-order chi connectivity index (χ1) is 14.3. The zero-order valence-corrected chi connectivity index (χ0v) is 17.4. The number of carbonyl (C=O) groups is 2. The summed E-state index contributed by atoms with van der Waals surface area (Å²) in [7, 11) is 0. The fourth-order valence-electron chi connectivity index (χ4n) is 2.85. The summed E-state index contributed by atoms with van der Waals surface area (Å²) in [6, 6.07) is 18.0. The van der Waals surface area contributed by atoms with Crippen LogP contribution in [0.5, 0.6) is 5.75 Å². The summed E-state index contributed by atoms with van der Waals surface area (Å²) in [5, 5.41) is 5.52. The Morgan fingerprint density at radius 2 is 1.70 bits per heavy atom. The van der Waals surface area contributed by atoms with Gasteiger partial charge in [-0.05, 0) is 47.4 Å². The minimum Gasteiger partial charge on any atom is -0.484 e. The SMILES string of the molecule is CC(C)(C)c1ccc(OCC(=O)Nc2ccccc2C(=O)NCc2ccco2)cc1. The van der Waals surface area contributed by atoms with Gasteiger partial charge in [0.25, 0.3) is 11.8 Å². The normalized spacial score (nSPS) is 11.0. The molecule has 2 aromatic carbocycles. The number of benzene rings is 2. The van der Waals surface area contributed by atoms with Crippen molar-refractivity contribution < 1.29 is 18.7 Å². The number of ether oxygens (including phenoxy) is 1. The lowest BCUT2D eigenvalue weighted by atomic mass is 9.87. The first-order valence-electron chi connectivity index (χ1n) is 9.76. The van der Waals surface area contributed by atoms with Crippen LogP contribution >= 0.6 is 0 Å². The average molecular weight is 406 g/mol. The molecule has 3 rings (SSSR count). The van der Waals surface area contributed by atoms with Crippen LogP contribution in [-0.4, -0.2) is 18.4 Å². The maximum Gasteiger partial charge on any atom is 0.262 e. The Labute approximate surface area is 176 Å². The number of para-hydroxylation sites is 1. The Morgan fingerprint density at radius 1 is 0.967 bits per heavy atom. The fraction of sp³-hybridized carbons (Fsp3) is 0.250. The van der Waals surface area contributed by atoms with Crippen LogP contribution in [0.15, 0.2) is 71.3 Å². The van der Waals surface area contributed by atoms with Crippen molar-refractivity contribution in [2.45, 2.75) is 32.7 Å². The Morgan fingerprint density at radius 3 is 2.37 bits per heavy atom. The molecule has 2 N–H and O–H groups in total. The quantitative estimate of drug-likeness (QED) is 0.604. The van der Waals surface area contributed by atoms with Crippen LogP contribution < -0.4 is 15.4 Å². The molecule has 6 heteroatoms. The molecule has 0 bridgehead atoms. The maximum atomic E-state index is 12.5. The number of nitrogens with one attached hydrogen (secondary N) is 2. The van der Waals surface area contributed by atoms with Gasteiger partial charge in [0, 0.05) is 0 Å². The third-order valence-electron chi connectivity index (χ3n) is 4.54. The molecule has 2 amide bonds. The van der Waals surface area contributed by atoms with Crippen molar-refractivity contribution in [3.8, 4) is 5.75 Å². The minimum absolute atomic E-state index is 0.0527. The van der Waals surface area contributed by atoms with Crippen molar-refractivity contribution in [3.63, 3.8) is 0 Å². The Balaban J connectivity index is 1.57. The van der Waals surface area contributed by atoms with Gasteiger partial charge in [-0.25, -0.2) is 0 Å². The van der Waals surface area contributed by atoms with E-state index in [1.165, 1.54) is 5.56 Å². The van der Waals surface area contributed by atoms with Crippen molar-refractivity contribution >= 4 is 17.5 Å². The molecule has 0 aliphatic heterocycles. The van der Waals surface area contributed by atoms with Crippen LogP contribution in [0.25, 0.3) is 0 Å². The largest absolute Gasteiger partial charge is 0.484 e. The van der Waals surface area contributed by atoms with Gasteiger partial charge in [0.15, 0.2) is 6.61 Å². The molecule has 1 heterocycles. The predicted octanol–water partition coefficient (Wildman–Crippen LogP) is 4.52. The van der Waals surface area contributed by atoms with Crippen LogP contribution in [0.2, 0.25) is 0 Å². The van der Waals surface area contributed by atoms with Crippen LogP contribution in [0.4, 0.5) is 5.69 Å². The van der Waals surface area contributed by atoms with E-state index in [1.54, 1.807) is 42.7 Å². The van der Waals surface area contributed by atoms with Gasteiger partial charge in [-0.15, -0.1) is 0 Å². The molecule has 0 atom stereocenters. The van der Waals surface area contributed by atoms with Gasteiger partial charge in [-0.3, -0.25) is 9.59 Å². The van der Waals surface area contributed by atoms with Crippen molar-refractivity contribution in [3.05, 3.63) is 83.8 Å². The third kappa shape index (κ3) is 5.73. The first kappa shape index (κ1) is 21.2. The molecule has 0 saturated heterocycles. The number of furan rings is 1. The predicted molar refractivity (Wildman–Crippen MR) is 116 cm³/mol. The lowest BCUT2D eigenvalue weighted by Crippen LogP contribution is -2.26. The number of amides is 2. The fourth-order valence-corrected chi connectivity index (χ4v) is 2.85. The average Bonchev–Trinajstić information content (AvgIpc) is 3.24. The number of carbonyl (C=O) groups excluding carboxylic acids is 2. The van der Waals surface area contributed by atoms with E-state index in [2.05, 4.69) is 31.4 Å². The van der Waals surface area contributed by atoms with Gasteiger partial charge in [-0.2, -0.15) is 0 Å². The molecule has 30 heavy (non-hydrogen) atoms. The van der Waals surface area contributed by atoms with Crippen LogP contribution in [-0.2, 0) is 16.8 Å². The Hall–Kier alpha value is -3.54. The monoisotopic (exact) mass is 406 g/mol. The number of anilines is 1.